The zero-order chi connectivity index (χ0) is 13.5. The molecule has 0 radical (unpaired) electrons. The Labute approximate surface area is 107 Å². The van der Waals surface area contributed by atoms with E-state index in [4.69, 9.17) is 4.74 Å². The summed E-state index contributed by atoms with van der Waals surface area (Å²) in [5.41, 5.74) is 0.611. The molecule has 0 heterocycles. The molecule has 0 saturated carbocycles. The monoisotopic (exact) mass is 252 g/mol. The molecule has 1 atom stereocenters. The van der Waals surface area contributed by atoms with Gasteiger partial charge in [-0.1, -0.05) is 19.4 Å². The van der Waals surface area contributed by atoms with Crippen LogP contribution in [0.4, 0.5) is 0 Å². The summed E-state index contributed by atoms with van der Waals surface area (Å²) >= 11 is 0. The lowest BCUT2D eigenvalue weighted by atomic mass is 9.92. The van der Waals surface area contributed by atoms with E-state index in [1.165, 1.54) is 6.92 Å². The van der Waals surface area contributed by atoms with Crippen molar-refractivity contribution in [1.29, 1.82) is 0 Å². The van der Waals surface area contributed by atoms with Crippen LogP contribution in [0, 0.1) is 0 Å². The SMILES string of the molecule is CCCC(OC(=O)CC(C)=O)C1=CCCCC1=O. The molecule has 0 aromatic rings. The summed E-state index contributed by atoms with van der Waals surface area (Å²) in [5.74, 6) is -0.699. The zero-order valence-corrected chi connectivity index (χ0v) is 11.0. The fraction of sp³-hybridized carbons (Fsp3) is 0.643. The van der Waals surface area contributed by atoms with Gasteiger partial charge < -0.3 is 4.74 Å². The Bertz CT molecular complexity index is 368. The standard InChI is InChI=1S/C14H20O4/c1-3-6-13(18-14(17)9-10(2)15)11-7-4-5-8-12(11)16/h7,13H,3-6,8-9H2,1-2H3. The Hall–Kier alpha value is -1.45. The minimum absolute atomic E-state index is 0.0651. The number of rotatable bonds is 6. The maximum atomic E-state index is 11.8. The van der Waals surface area contributed by atoms with Crippen LogP contribution in [0.5, 0.6) is 0 Å². The van der Waals surface area contributed by atoms with Crippen molar-refractivity contribution in [3.05, 3.63) is 11.6 Å². The molecule has 0 N–H and O–H groups in total. The van der Waals surface area contributed by atoms with Crippen LogP contribution in [-0.2, 0) is 19.1 Å². The van der Waals surface area contributed by atoms with Crippen molar-refractivity contribution < 1.29 is 19.1 Å². The molecule has 0 aromatic heterocycles. The van der Waals surface area contributed by atoms with Gasteiger partial charge in [0.1, 0.15) is 18.3 Å². The van der Waals surface area contributed by atoms with Gasteiger partial charge in [-0.15, -0.1) is 0 Å². The summed E-state index contributed by atoms with van der Waals surface area (Å²) in [4.78, 5) is 34.1. The number of hydrogen-bond donors (Lipinski definition) is 0. The molecule has 0 bridgehead atoms. The van der Waals surface area contributed by atoms with Crippen LogP contribution >= 0.6 is 0 Å². The van der Waals surface area contributed by atoms with Crippen LogP contribution in [0.15, 0.2) is 11.6 Å². The number of ether oxygens (including phenoxy) is 1. The summed E-state index contributed by atoms with van der Waals surface area (Å²) in [6.45, 7) is 3.32. The molecule has 0 spiro atoms. The second-order valence-electron chi connectivity index (χ2n) is 4.62. The summed E-state index contributed by atoms with van der Waals surface area (Å²) < 4.78 is 5.26. The summed E-state index contributed by atoms with van der Waals surface area (Å²) in [5, 5.41) is 0. The Morgan fingerprint density at radius 1 is 1.44 bits per heavy atom. The first-order valence-corrected chi connectivity index (χ1v) is 6.46. The van der Waals surface area contributed by atoms with Gasteiger partial charge in [0.2, 0.25) is 0 Å². The third-order valence-electron chi connectivity index (χ3n) is 2.86. The first-order valence-electron chi connectivity index (χ1n) is 6.46. The van der Waals surface area contributed by atoms with Gasteiger partial charge in [0.25, 0.3) is 0 Å². The highest BCUT2D eigenvalue weighted by Gasteiger charge is 2.25. The largest absolute Gasteiger partial charge is 0.457 e. The van der Waals surface area contributed by atoms with Gasteiger partial charge in [0, 0.05) is 12.0 Å². The number of carbonyl (C=O) groups excluding carboxylic acids is 3. The van der Waals surface area contributed by atoms with E-state index in [-0.39, 0.29) is 18.0 Å². The third-order valence-corrected chi connectivity index (χ3v) is 2.86. The fourth-order valence-corrected chi connectivity index (χ4v) is 2.03. The van der Waals surface area contributed by atoms with E-state index in [9.17, 15) is 14.4 Å². The summed E-state index contributed by atoms with van der Waals surface area (Å²) in [6.07, 6.45) is 4.86. The van der Waals surface area contributed by atoms with Gasteiger partial charge in [-0.3, -0.25) is 14.4 Å². The van der Waals surface area contributed by atoms with Crippen molar-refractivity contribution in [3.63, 3.8) is 0 Å². The van der Waals surface area contributed by atoms with Gasteiger partial charge in [0.15, 0.2) is 5.78 Å². The highest BCUT2D eigenvalue weighted by atomic mass is 16.5. The van der Waals surface area contributed by atoms with Crippen LogP contribution in [0.3, 0.4) is 0 Å². The molecule has 4 nitrogen and oxygen atoms in total. The lowest BCUT2D eigenvalue weighted by molar-refractivity contribution is -0.149. The van der Waals surface area contributed by atoms with Gasteiger partial charge in [-0.05, 0) is 26.2 Å². The first-order chi connectivity index (χ1) is 8.54. The molecule has 0 aromatic carbocycles. The number of hydrogen-bond acceptors (Lipinski definition) is 4. The summed E-state index contributed by atoms with van der Waals surface area (Å²) in [6, 6.07) is 0. The van der Waals surface area contributed by atoms with E-state index in [2.05, 4.69) is 0 Å². The molecule has 100 valence electrons. The molecule has 0 fully saturated rings. The fourth-order valence-electron chi connectivity index (χ4n) is 2.03. The average Bonchev–Trinajstić information content (AvgIpc) is 2.28. The van der Waals surface area contributed by atoms with Crippen LogP contribution in [-0.4, -0.2) is 23.6 Å². The third kappa shape index (κ3) is 4.43. The molecule has 1 rings (SSSR count). The van der Waals surface area contributed by atoms with Crippen LogP contribution in [0.1, 0.15) is 52.4 Å². The quantitative estimate of drug-likeness (QED) is 0.538. The maximum absolute atomic E-state index is 11.8. The number of allylic oxidation sites excluding steroid dienone is 1. The Kier molecular flexibility index (Phi) is 5.75. The zero-order valence-electron chi connectivity index (χ0n) is 11.0. The van der Waals surface area contributed by atoms with Gasteiger partial charge in [0.05, 0.1) is 0 Å². The molecule has 0 aliphatic heterocycles. The molecule has 4 heteroatoms. The molecule has 1 aliphatic rings. The van der Waals surface area contributed by atoms with Crippen molar-refractivity contribution in [2.45, 2.75) is 58.5 Å². The minimum atomic E-state index is -0.541. The molecular formula is C14H20O4. The summed E-state index contributed by atoms with van der Waals surface area (Å²) in [7, 11) is 0. The number of Topliss-reactive ketones (excluding diaryl/α,β-unsaturated/α-hetero) is 2. The van der Waals surface area contributed by atoms with Crippen molar-refractivity contribution >= 4 is 17.5 Å². The first kappa shape index (κ1) is 14.6. The van der Waals surface area contributed by atoms with Crippen molar-refractivity contribution in [2.24, 2.45) is 0 Å². The van der Waals surface area contributed by atoms with Crippen LogP contribution in [0.2, 0.25) is 0 Å². The number of carbonyl (C=O) groups is 3. The maximum Gasteiger partial charge on any atom is 0.313 e. The average molecular weight is 252 g/mol. The van der Waals surface area contributed by atoms with E-state index in [1.807, 2.05) is 13.0 Å². The minimum Gasteiger partial charge on any atom is -0.457 e. The predicted octanol–water partition coefficient (Wildman–Crippen LogP) is 2.36. The van der Waals surface area contributed by atoms with Gasteiger partial charge in [-0.25, -0.2) is 0 Å². The van der Waals surface area contributed by atoms with E-state index >= 15 is 0 Å². The number of esters is 1. The van der Waals surface area contributed by atoms with E-state index < -0.39 is 12.1 Å². The van der Waals surface area contributed by atoms with Crippen LogP contribution < -0.4 is 0 Å². The lowest BCUT2D eigenvalue weighted by Crippen LogP contribution is -2.27. The molecular weight excluding hydrogens is 232 g/mol. The predicted molar refractivity (Wildman–Crippen MR) is 67.0 cm³/mol. The van der Waals surface area contributed by atoms with Crippen molar-refractivity contribution in [2.75, 3.05) is 0 Å². The second-order valence-corrected chi connectivity index (χ2v) is 4.62. The molecule has 1 aliphatic carbocycles. The van der Waals surface area contributed by atoms with Crippen molar-refractivity contribution in [1.82, 2.24) is 0 Å². The number of ketones is 2. The van der Waals surface area contributed by atoms with Gasteiger partial charge >= 0.3 is 5.97 Å². The topological polar surface area (TPSA) is 60.4 Å². The molecule has 18 heavy (non-hydrogen) atoms. The highest BCUT2D eigenvalue weighted by Crippen LogP contribution is 2.22. The smallest absolute Gasteiger partial charge is 0.313 e. The van der Waals surface area contributed by atoms with Crippen LogP contribution in [0.25, 0.3) is 0 Å². The van der Waals surface area contributed by atoms with E-state index in [0.717, 1.165) is 19.3 Å². The Morgan fingerprint density at radius 3 is 2.72 bits per heavy atom. The van der Waals surface area contributed by atoms with Gasteiger partial charge in [-0.2, -0.15) is 0 Å². The second kappa shape index (κ2) is 7.09. The normalized spacial score (nSPS) is 17.0. The molecule has 0 amide bonds. The molecule has 1 unspecified atom stereocenters. The van der Waals surface area contributed by atoms with E-state index in [1.54, 1.807) is 0 Å². The van der Waals surface area contributed by atoms with E-state index in [0.29, 0.717) is 18.4 Å². The van der Waals surface area contributed by atoms with Crippen molar-refractivity contribution in [3.8, 4) is 0 Å². The highest BCUT2D eigenvalue weighted by molar-refractivity contribution is 5.98. The lowest BCUT2D eigenvalue weighted by Gasteiger charge is -2.22. The Balaban J connectivity index is 2.69. The molecule has 0 saturated heterocycles. The Morgan fingerprint density at radius 2 is 2.17 bits per heavy atom.